The molecule has 0 aliphatic rings. The fourth-order valence-electron chi connectivity index (χ4n) is 0.149. The minimum atomic E-state index is -0.110. The van der Waals surface area contributed by atoms with Crippen molar-refractivity contribution in [1.29, 1.82) is 0 Å². The van der Waals surface area contributed by atoms with Crippen LogP contribution in [0.4, 0.5) is 0 Å². The molecule has 1 atom stereocenters. The van der Waals surface area contributed by atoms with E-state index in [0.29, 0.717) is 0 Å². The highest BCUT2D eigenvalue weighted by Gasteiger charge is 1.92. The normalized spacial score (nSPS) is 12.9. The smallest absolute Gasteiger partial charge is 0.417 e. The lowest BCUT2D eigenvalue weighted by Crippen LogP contribution is -2.01. The molecule has 0 aromatic carbocycles. The second kappa shape index (κ2) is 3.93. The zero-order valence-corrected chi connectivity index (χ0v) is 4.73. The van der Waals surface area contributed by atoms with Gasteiger partial charge in [0.15, 0.2) is 0 Å². The van der Waals surface area contributed by atoms with Crippen molar-refractivity contribution in [2.45, 2.75) is 12.3 Å². The second-order valence-corrected chi connectivity index (χ2v) is 1.92. The molecule has 0 saturated heterocycles. The van der Waals surface area contributed by atoms with Gasteiger partial charge in [-0.05, 0) is 6.92 Å². The van der Waals surface area contributed by atoms with Crippen molar-refractivity contribution in [3.05, 3.63) is 0 Å². The summed E-state index contributed by atoms with van der Waals surface area (Å²) in [6.07, 6.45) is 0. The van der Waals surface area contributed by atoms with E-state index in [4.69, 9.17) is 11.6 Å². The van der Waals surface area contributed by atoms with Crippen molar-refractivity contribution >= 4 is 18.1 Å². The topological polar surface area (TPSA) is 26.3 Å². The maximum Gasteiger partial charge on any atom is 0.417 e. The molecule has 0 spiro atoms. The molecule has 0 fully saturated rings. The molecular formula is C4H6ClO2. The third-order valence-corrected chi connectivity index (χ3v) is 0.498. The van der Waals surface area contributed by atoms with E-state index >= 15 is 0 Å². The van der Waals surface area contributed by atoms with Crippen LogP contribution in [0.1, 0.15) is 6.92 Å². The van der Waals surface area contributed by atoms with Gasteiger partial charge < -0.3 is 4.74 Å². The monoisotopic (exact) mass is 121 g/mol. The predicted octanol–water partition coefficient (Wildman–Crippen LogP) is 0.698. The first-order valence-electron chi connectivity index (χ1n) is 1.90. The third-order valence-electron chi connectivity index (χ3n) is 0.372. The van der Waals surface area contributed by atoms with Crippen molar-refractivity contribution in [3.8, 4) is 0 Å². The number of rotatable bonds is 3. The first-order chi connectivity index (χ1) is 3.27. The Morgan fingerprint density at radius 1 is 2.00 bits per heavy atom. The molecule has 0 N–H and O–H groups in total. The summed E-state index contributed by atoms with van der Waals surface area (Å²) in [6.45, 7) is 3.24. The van der Waals surface area contributed by atoms with Gasteiger partial charge in [0.2, 0.25) is 0 Å². The Hall–Kier alpha value is -0.240. The van der Waals surface area contributed by atoms with Gasteiger partial charge in [-0.1, -0.05) is 0 Å². The maximum absolute atomic E-state index is 9.30. The van der Waals surface area contributed by atoms with Crippen molar-refractivity contribution in [2.75, 3.05) is 6.61 Å². The van der Waals surface area contributed by atoms with Crippen molar-refractivity contribution in [3.63, 3.8) is 0 Å². The lowest BCUT2D eigenvalue weighted by Gasteiger charge is -1.95. The Morgan fingerprint density at radius 3 is 2.71 bits per heavy atom. The molecule has 0 saturated carbocycles. The summed E-state index contributed by atoms with van der Waals surface area (Å²) in [5.74, 6) is 0. The molecule has 7 heavy (non-hydrogen) atoms. The van der Waals surface area contributed by atoms with E-state index in [0.717, 1.165) is 0 Å². The molecule has 0 amide bonds. The van der Waals surface area contributed by atoms with Crippen LogP contribution < -0.4 is 0 Å². The molecule has 0 bridgehead atoms. The molecule has 1 radical (unpaired) electrons. The molecule has 0 heterocycles. The summed E-state index contributed by atoms with van der Waals surface area (Å²) >= 11 is 5.35. The van der Waals surface area contributed by atoms with Gasteiger partial charge in [-0.3, -0.25) is 0 Å². The largest absolute Gasteiger partial charge is 0.456 e. The number of ether oxygens (including phenoxy) is 1. The van der Waals surface area contributed by atoms with Crippen LogP contribution in [0.3, 0.4) is 0 Å². The highest BCUT2D eigenvalue weighted by molar-refractivity contribution is 6.20. The quantitative estimate of drug-likeness (QED) is 0.514. The highest BCUT2D eigenvalue weighted by Crippen LogP contribution is 1.90. The molecule has 3 heteroatoms. The summed E-state index contributed by atoms with van der Waals surface area (Å²) < 4.78 is 4.16. The summed E-state index contributed by atoms with van der Waals surface area (Å²) in [5, 5.41) is -0.110. The number of alkyl halides is 1. The molecule has 2 nitrogen and oxygen atoms in total. The Balaban J connectivity index is 2.81. The standard InChI is InChI=1S/C4H6ClO2/c1-4(5)2-7-3-6/h4H,2H2,1H3. The predicted molar refractivity (Wildman–Crippen MR) is 27.0 cm³/mol. The van der Waals surface area contributed by atoms with Crippen LogP contribution in [0, 0.1) is 0 Å². The zero-order chi connectivity index (χ0) is 5.70. The molecule has 0 aromatic rings. The van der Waals surface area contributed by atoms with Gasteiger partial charge in [0.1, 0.15) is 6.61 Å². The minimum Gasteiger partial charge on any atom is -0.456 e. The maximum atomic E-state index is 9.30. The van der Waals surface area contributed by atoms with Crippen LogP contribution >= 0.6 is 11.6 Å². The number of hydrogen-bond donors (Lipinski definition) is 0. The van der Waals surface area contributed by atoms with Crippen LogP contribution in [0.25, 0.3) is 0 Å². The van der Waals surface area contributed by atoms with E-state index in [9.17, 15) is 4.79 Å². The fourth-order valence-corrected chi connectivity index (χ4v) is 0.212. The van der Waals surface area contributed by atoms with Gasteiger partial charge in [-0.25, -0.2) is 4.79 Å². The Kier molecular flexibility index (Phi) is 3.80. The van der Waals surface area contributed by atoms with E-state index in [1.165, 1.54) is 6.47 Å². The van der Waals surface area contributed by atoms with Crippen molar-refractivity contribution in [2.24, 2.45) is 0 Å². The summed E-state index contributed by atoms with van der Waals surface area (Å²) in [6, 6.07) is 0. The Labute approximate surface area is 47.4 Å². The van der Waals surface area contributed by atoms with Crippen LogP contribution in [0.5, 0.6) is 0 Å². The second-order valence-electron chi connectivity index (χ2n) is 1.18. The van der Waals surface area contributed by atoms with E-state index in [-0.39, 0.29) is 12.0 Å². The van der Waals surface area contributed by atoms with Gasteiger partial charge in [0.05, 0.1) is 5.38 Å². The molecule has 0 aliphatic heterocycles. The van der Waals surface area contributed by atoms with Gasteiger partial charge >= 0.3 is 6.47 Å². The first-order valence-corrected chi connectivity index (χ1v) is 2.34. The lowest BCUT2D eigenvalue weighted by atomic mass is 10.5. The third kappa shape index (κ3) is 5.76. The first kappa shape index (κ1) is 6.76. The highest BCUT2D eigenvalue weighted by atomic mass is 35.5. The molecule has 0 aliphatic carbocycles. The minimum absolute atomic E-state index is 0.110. The molecule has 0 rings (SSSR count). The van der Waals surface area contributed by atoms with Crippen LogP contribution in [0.15, 0.2) is 0 Å². The van der Waals surface area contributed by atoms with Crippen LogP contribution in [-0.2, 0) is 9.53 Å². The number of hydrogen-bond acceptors (Lipinski definition) is 2. The number of halogens is 1. The van der Waals surface area contributed by atoms with E-state index in [2.05, 4.69) is 4.74 Å². The van der Waals surface area contributed by atoms with E-state index in [1.807, 2.05) is 0 Å². The molecular weight excluding hydrogens is 115 g/mol. The van der Waals surface area contributed by atoms with E-state index in [1.54, 1.807) is 6.92 Å². The molecule has 0 aromatic heterocycles. The van der Waals surface area contributed by atoms with Crippen molar-refractivity contribution in [1.82, 2.24) is 0 Å². The van der Waals surface area contributed by atoms with E-state index < -0.39 is 0 Å². The Morgan fingerprint density at radius 2 is 2.57 bits per heavy atom. The number of carbonyl (C=O) groups excluding carboxylic acids is 1. The molecule has 41 valence electrons. The van der Waals surface area contributed by atoms with Crippen LogP contribution in [0.2, 0.25) is 0 Å². The summed E-state index contributed by atoms with van der Waals surface area (Å²) in [5.41, 5.74) is 0. The van der Waals surface area contributed by atoms with Gasteiger partial charge in [-0.2, -0.15) is 0 Å². The average Bonchev–Trinajstić information content (AvgIpc) is 1.61. The van der Waals surface area contributed by atoms with Gasteiger partial charge in [0, 0.05) is 0 Å². The summed E-state index contributed by atoms with van der Waals surface area (Å²) in [4.78, 5) is 9.30. The lowest BCUT2D eigenvalue weighted by molar-refractivity contribution is 0.280. The summed E-state index contributed by atoms with van der Waals surface area (Å²) in [7, 11) is 0. The molecule has 1 unspecified atom stereocenters. The van der Waals surface area contributed by atoms with Gasteiger partial charge in [-0.15, -0.1) is 11.6 Å². The van der Waals surface area contributed by atoms with Crippen LogP contribution in [-0.4, -0.2) is 18.5 Å². The Bertz CT molecular complexity index is 53.7. The fraction of sp³-hybridized carbons (Fsp3) is 0.750. The zero-order valence-electron chi connectivity index (χ0n) is 3.98. The average molecular weight is 122 g/mol. The van der Waals surface area contributed by atoms with Gasteiger partial charge in [0.25, 0.3) is 0 Å². The van der Waals surface area contributed by atoms with Crippen molar-refractivity contribution < 1.29 is 9.53 Å². The SMILES string of the molecule is CC(Cl)CO[C]=O.